The molecule has 170 valence electrons. The van der Waals surface area contributed by atoms with Crippen molar-refractivity contribution in [2.75, 3.05) is 6.79 Å². The van der Waals surface area contributed by atoms with Crippen molar-refractivity contribution in [3.05, 3.63) is 92.4 Å². The lowest BCUT2D eigenvalue weighted by atomic mass is 10.1. The van der Waals surface area contributed by atoms with Crippen LogP contribution in [0.3, 0.4) is 0 Å². The van der Waals surface area contributed by atoms with Crippen LogP contribution >= 0.6 is 27.7 Å². The molecule has 0 fully saturated rings. The number of ether oxygens (including phenoxy) is 2. The summed E-state index contributed by atoms with van der Waals surface area (Å²) in [5, 5.41) is 11.5. The molecule has 0 spiro atoms. The Kier molecular flexibility index (Phi) is 5.30. The Morgan fingerprint density at radius 1 is 1.12 bits per heavy atom. The fourth-order valence-electron chi connectivity index (χ4n) is 4.06. The number of halogens is 1. The molecule has 3 heterocycles. The predicted octanol–water partition coefficient (Wildman–Crippen LogP) is 3.56. The number of nitrogens with zero attached hydrogens (tertiary/aromatic N) is 3. The summed E-state index contributed by atoms with van der Waals surface area (Å²) in [5.74, 6) is 1.80. The van der Waals surface area contributed by atoms with E-state index < -0.39 is 6.17 Å². The molecular weight excluding hydrogens is 516 g/mol. The topological polar surface area (TPSA) is 75.5 Å². The first-order chi connectivity index (χ1) is 16.6. The van der Waals surface area contributed by atoms with E-state index in [0.29, 0.717) is 28.1 Å². The number of hydrogen-bond acceptors (Lipinski definition) is 7. The van der Waals surface area contributed by atoms with E-state index in [1.807, 2.05) is 36.4 Å². The molecule has 3 aromatic rings. The maximum absolute atomic E-state index is 13.3. The number of fused-ring (bicyclic) bond motifs is 3. The Labute approximate surface area is 208 Å². The minimum atomic E-state index is -0.546. The monoisotopic (exact) mass is 534 g/mol. The smallest absolute Gasteiger partial charge is 0.276 e. The molecule has 9 heteroatoms. The number of carbonyl (C=O) groups excluding carboxylic acids is 1. The molecule has 0 unspecified atom stereocenters. The number of hydrazone groups is 1. The lowest BCUT2D eigenvalue weighted by Crippen LogP contribution is -2.50. The number of amides is 1. The summed E-state index contributed by atoms with van der Waals surface area (Å²) in [6.07, 6.45) is -0.546. The highest BCUT2D eigenvalue weighted by atomic mass is 79.9. The molecule has 3 aliphatic rings. The number of aryl methyl sites for hydroxylation is 1. The summed E-state index contributed by atoms with van der Waals surface area (Å²) in [6, 6.07) is 19.7. The van der Waals surface area contributed by atoms with Gasteiger partial charge in [0.15, 0.2) is 22.8 Å². The van der Waals surface area contributed by atoms with Gasteiger partial charge in [0.2, 0.25) is 6.79 Å². The predicted molar refractivity (Wildman–Crippen MR) is 134 cm³/mol. The third kappa shape index (κ3) is 3.74. The van der Waals surface area contributed by atoms with E-state index >= 15 is 0 Å². The number of thioether (sulfide) groups is 1. The summed E-state index contributed by atoms with van der Waals surface area (Å²) in [4.78, 5) is 18.3. The van der Waals surface area contributed by atoms with Crippen LogP contribution in [0.15, 0.2) is 75.2 Å². The Hall–Kier alpha value is -3.30. The molecule has 1 N–H and O–H groups in total. The molecule has 0 saturated heterocycles. The summed E-state index contributed by atoms with van der Waals surface area (Å²) in [5.41, 5.74) is 3.67. The van der Waals surface area contributed by atoms with E-state index in [-0.39, 0.29) is 12.7 Å². The second-order valence-electron chi connectivity index (χ2n) is 8.07. The van der Waals surface area contributed by atoms with Gasteiger partial charge in [-0.2, -0.15) is 0 Å². The molecule has 0 aromatic heterocycles. The molecule has 6 rings (SSSR count). The van der Waals surface area contributed by atoms with Crippen molar-refractivity contribution < 1.29 is 14.3 Å². The van der Waals surface area contributed by atoms with Crippen molar-refractivity contribution in [2.45, 2.75) is 18.8 Å². The standard InChI is InChI=1S/C25H19BrN4O3S/c1-14-6-8-15(9-7-14)12-34-25-28-24(31)22-16-4-2-3-5-19(16)27-23(30(22)29-25)17-10-20-21(11-18(17)26)33-13-32-20/h2-11,23H,12-13H2,1H3,(H,28,29,31)/t23-/m0/s1. The molecule has 7 nitrogen and oxygen atoms in total. The second-order valence-corrected chi connectivity index (χ2v) is 9.89. The highest BCUT2D eigenvalue weighted by molar-refractivity contribution is 9.10. The zero-order chi connectivity index (χ0) is 23.2. The van der Waals surface area contributed by atoms with E-state index in [2.05, 4.69) is 52.4 Å². The summed E-state index contributed by atoms with van der Waals surface area (Å²) in [7, 11) is 0. The van der Waals surface area contributed by atoms with Crippen LogP contribution < -0.4 is 25.4 Å². The number of para-hydroxylation sites is 1. The van der Waals surface area contributed by atoms with Gasteiger partial charge in [-0.15, -0.1) is 5.10 Å². The van der Waals surface area contributed by atoms with E-state index in [4.69, 9.17) is 19.6 Å². The Morgan fingerprint density at radius 2 is 1.88 bits per heavy atom. The number of hydrogen-bond donors (Lipinski definition) is 1. The first-order valence-electron chi connectivity index (χ1n) is 10.7. The molecule has 1 amide bonds. The minimum absolute atomic E-state index is 0.178. The summed E-state index contributed by atoms with van der Waals surface area (Å²) >= 11 is 5.14. The van der Waals surface area contributed by atoms with Gasteiger partial charge in [-0.3, -0.25) is 15.1 Å². The van der Waals surface area contributed by atoms with Crippen molar-refractivity contribution in [3.8, 4) is 11.5 Å². The van der Waals surface area contributed by atoms with Crippen LogP contribution in [0.4, 0.5) is 0 Å². The minimum Gasteiger partial charge on any atom is -0.454 e. The van der Waals surface area contributed by atoms with Crippen LogP contribution in [0, 0.1) is 6.92 Å². The van der Waals surface area contributed by atoms with Crippen molar-refractivity contribution >= 4 is 44.5 Å². The van der Waals surface area contributed by atoms with E-state index in [0.717, 1.165) is 26.2 Å². The van der Waals surface area contributed by atoms with Gasteiger partial charge in [-0.05, 0) is 30.7 Å². The van der Waals surface area contributed by atoms with Crippen LogP contribution in [0.25, 0.3) is 5.70 Å². The van der Waals surface area contributed by atoms with Gasteiger partial charge >= 0.3 is 0 Å². The molecule has 0 aliphatic carbocycles. The van der Waals surface area contributed by atoms with Gasteiger partial charge in [0.25, 0.3) is 5.91 Å². The SMILES string of the molecule is Cc1ccc(CSC2=NN3C(=c4ccccc4=N[C@@H]3c3cc4c(cc3Br)OCO4)C(=O)N2)cc1. The van der Waals surface area contributed by atoms with Crippen LogP contribution in [-0.2, 0) is 10.5 Å². The normalized spacial score (nSPS) is 18.0. The highest BCUT2D eigenvalue weighted by Crippen LogP contribution is 2.42. The highest BCUT2D eigenvalue weighted by Gasteiger charge is 2.36. The molecular formula is C25H19BrN4O3S. The van der Waals surface area contributed by atoms with Gasteiger partial charge in [0, 0.05) is 21.0 Å². The number of amidine groups is 1. The fraction of sp³-hybridized carbons (Fsp3) is 0.160. The molecule has 3 aromatic carbocycles. The van der Waals surface area contributed by atoms with Crippen LogP contribution in [-0.4, -0.2) is 22.9 Å². The van der Waals surface area contributed by atoms with E-state index in [1.165, 1.54) is 17.3 Å². The molecule has 0 saturated carbocycles. The quantitative estimate of drug-likeness (QED) is 0.556. The van der Waals surface area contributed by atoms with Gasteiger partial charge in [0.1, 0.15) is 5.70 Å². The zero-order valence-electron chi connectivity index (χ0n) is 18.1. The number of carbonyl (C=O) groups is 1. The lowest BCUT2D eigenvalue weighted by Gasteiger charge is -2.34. The molecule has 0 bridgehead atoms. The zero-order valence-corrected chi connectivity index (χ0v) is 20.5. The van der Waals surface area contributed by atoms with Crippen LogP contribution in [0.1, 0.15) is 22.9 Å². The van der Waals surface area contributed by atoms with Gasteiger partial charge in [-0.25, -0.2) is 5.01 Å². The van der Waals surface area contributed by atoms with Crippen molar-refractivity contribution in [3.63, 3.8) is 0 Å². The lowest BCUT2D eigenvalue weighted by molar-refractivity contribution is -0.116. The molecule has 34 heavy (non-hydrogen) atoms. The molecule has 1 atom stereocenters. The average molecular weight is 535 g/mol. The summed E-state index contributed by atoms with van der Waals surface area (Å²) in [6.45, 7) is 2.24. The van der Waals surface area contributed by atoms with E-state index in [9.17, 15) is 4.79 Å². The van der Waals surface area contributed by atoms with Crippen molar-refractivity contribution in [1.82, 2.24) is 10.3 Å². The van der Waals surface area contributed by atoms with Crippen LogP contribution in [0.2, 0.25) is 0 Å². The van der Waals surface area contributed by atoms with Gasteiger partial charge in [0.05, 0.1) is 5.36 Å². The first-order valence-corrected chi connectivity index (χ1v) is 12.5. The van der Waals surface area contributed by atoms with Crippen molar-refractivity contribution in [2.24, 2.45) is 10.1 Å². The molecule has 0 radical (unpaired) electrons. The first kappa shape index (κ1) is 21.2. The Balaban J connectivity index is 1.43. The van der Waals surface area contributed by atoms with Crippen LogP contribution in [0.5, 0.6) is 11.5 Å². The fourth-order valence-corrected chi connectivity index (χ4v) is 5.40. The Morgan fingerprint density at radius 3 is 2.71 bits per heavy atom. The maximum atomic E-state index is 13.3. The third-order valence-electron chi connectivity index (χ3n) is 5.78. The second kappa shape index (κ2) is 8.48. The van der Waals surface area contributed by atoms with E-state index in [1.54, 1.807) is 5.01 Å². The number of rotatable bonds is 3. The Bertz CT molecular complexity index is 1470. The average Bonchev–Trinajstić information content (AvgIpc) is 3.29. The van der Waals surface area contributed by atoms with Gasteiger partial charge in [-0.1, -0.05) is 75.7 Å². The number of benzene rings is 3. The van der Waals surface area contributed by atoms with Crippen molar-refractivity contribution in [1.29, 1.82) is 0 Å². The third-order valence-corrected chi connectivity index (χ3v) is 7.40. The number of nitrogens with one attached hydrogen (secondary N) is 1. The molecule has 3 aliphatic heterocycles. The maximum Gasteiger partial charge on any atom is 0.276 e. The van der Waals surface area contributed by atoms with Gasteiger partial charge < -0.3 is 9.47 Å². The largest absolute Gasteiger partial charge is 0.454 e. The summed E-state index contributed by atoms with van der Waals surface area (Å²) < 4.78 is 11.9.